The van der Waals surface area contributed by atoms with Crippen LogP contribution in [0.2, 0.25) is 0 Å². The second kappa shape index (κ2) is 7.88. The molecule has 3 rings (SSSR count). The Balaban J connectivity index is 1.95. The Hall–Kier alpha value is -3.06. The van der Waals surface area contributed by atoms with Crippen LogP contribution in [0.3, 0.4) is 0 Å². The van der Waals surface area contributed by atoms with Gasteiger partial charge in [-0.3, -0.25) is 9.78 Å². The Labute approximate surface area is 150 Å². The van der Waals surface area contributed by atoms with Gasteiger partial charge in [0.2, 0.25) is 0 Å². The largest absolute Gasteiger partial charge is 0.374 e. The van der Waals surface area contributed by atoms with Gasteiger partial charge < -0.3 is 16.0 Å². The van der Waals surface area contributed by atoms with Gasteiger partial charge in [0.05, 0.1) is 11.2 Å². The summed E-state index contributed by atoms with van der Waals surface area (Å²) in [6.45, 7) is 1.43. The second-order valence-electron chi connectivity index (χ2n) is 5.88. The molecule has 0 aliphatic rings. The molecule has 0 spiro atoms. The molecule has 0 radical (unpaired) electrons. The van der Waals surface area contributed by atoms with Crippen LogP contribution in [0, 0.1) is 5.82 Å². The second-order valence-corrected chi connectivity index (χ2v) is 5.88. The lowest BCUT2D eigenvalue weighted by atomic mass is 10.1. The molecule has 2 heterocycles. The number of carbonyl (C=O) groups is 1. The van der Waals surface area contributed by atoms with Crippen LogP contribution in [-0.4, -0.2) is 36.0 Å². The molecule has 0 atom stereocenters. The Morgan fingerprint density at radius 3 is 2.81 bits per heavy atom. The molecule has 0 saturated heterocycles. The molecule has 1 aromatic carbocycles. The summed E-state index contributed by atoms with van der Waals surface area (Å²) in [4.78, 5) is 22.7. The number of nitrogens with zero attached hydrogens (tertiary/aromatic N) is 3. The van der Waals surface area contributed by atoms with Crippen molar-refractivity contribution >= 4 is 28.2 Å². The third kappa shape index (κ3) is 3.62. The minimum Gasteiger partial charge on any atom is -0.374 e. The summed E-state index contributed by atoms with van der Waals surface area (Å²) in [6, 6.07) is 10.1. The number of hydrogen-bond acceptors (Lipinski definition) is 5. The van der Waals surface area contributed by atoms with Crippen LogP contribution < -0.4 is 16.0 Å². The molecule has 1 amide bonds. The number of fused-ring (bicyclic) bond motifs is 1. The van der Waals surface area contributed by atoms with Gasteiger partial charge in [0.15, 0.2) is 11.5 Å². The van der Waals surface area contributed by atoms with Crippen LogP contribution in [0.5, 0.6) is 0 Å². The number of para-hydroxylation sites is 1. The van der Waals surface area contributed by atoms with Gasteiger partial charge in [0, 0.05) is 37.1 Å². The SMILES string of the molecule is CN(CCCN)c1ccnc2c(NC(=O)c3ncccc3F)cccc12. The van der Waals surface area contributed by atoms with Crippen molar-refractivity contribution in [2.75, 3.05) is 30.4 Å². The minimum atomic E-state index is -0.666. The van der Waals surface area contributed by atoms with Gasteiger partial charge in [-0.05, 0) is 37.2 Å². The zero-order valence-electron chi connectivity index (χ0n) is 14.4. The molecule has 0 fully saturated rings. The van der Waals surface area contributed by atoms with Gasteiger partial charge in [0.25, 0.3) is 5.91 Å². The Kier molecular flexibility index (Phi) is 5.38. The van der Waals surface area contributed by atoms with Crippen molar-refractivity contribution in [3.05, 3.63) is 60.3 Å². The van der Waals surface area contributed by atoms with Crippen LogP contribution in [0.25, 0.3) is 10.9 Å². The zero-order chi connectivity index (χ0) is 18.5. The molecular weight excluding hydrogens is 333 g/mol. The number of hydrogen-bond donors (Lipinski definition) is 2. The van der Waals surface area contributed by atoms with Crippen LogP contribution >= 0.6 is 0 Å². The van der Waals surface area contributed by atoms with Gasteiger partial charge in [-0.1, -0.05) is 12.1 Å². The summed E-state index contributed by atoms with van der Waals surface area (Å²) in [5.74, 6) is -1.28. The first kappa shape index (κ1) is 17.8. The number of aromatic nitrogens is 2. The normalized spacial score (nSPS) is 10.7. The zero-order valence-corrected chi connectivity index (χ0v) is 14.4. The fourth-order valence-corrected chi connectivity index (χ4v) is 2.78. The number of amides is 1. The first-order chi connectivity index (χ1) is 12.6. The van der Waals surface area contributed by atoms with E-state index in [1.807, 2.05) is 25.2 Å². The van der Waals surface area contributed by atoms with E-state index < -0.39 is 11.7 Å². The van der Waals surface area contributed by atoms with Crippen molar-refractivity contribution in [2.45, 2.75) is 6.42 Å². The van der Waals surface area contributed by atoms with Crippen molar-refractivity contribution in [2.24, 2.45) is 5.73 Å². The minimum absolute atomic E-state index is 0.249. The highest BCUT2D eigenvalue weighted by atomic mass is 19.1. The van der Waals surface area contributed by atoms with E-state index in [1.54, 1.807) is 12.3 Å². The average molecular weight is 353 g/mol. The predicted molar refractivity (Wildman–Crippen MR) is 101 cm³/mol. The standard InChI is InChI=1S/C19H20FN5O/c1-25(12-4-9-21)16-8-11-23-17-13(16)5-2-7-15(17)24-19(26)18-14(20)6-3-10-22-18/h2-3,5-8,10-11H,4,9,12,21H2,1H3,(H,24,26). The van der Waals surface area contributed by atoms with E-state index in [4.69, 9.17) is 5.73 Å². The monoisotopic (exact) mass is 353 g/mol. The molecule has 0 saturated carbocycles. The molecule has 0 aliphatic heterocycles. The lowest BCUT2D eigenvalue weighted by Crippen LogP contribution is -2.21. The molecule has 3 aromatic rings. The predicted octanol–water partition coefficient (Wildman–Crippen LogP) is 2.81. The van der Waals surface area contributed by atoms with Crippen molar-refractivity contribution < 1.29 is 9.18 Å². The van der Waals surface area contributed by atoms with Gasteiger partial charge >= 0.3 is 0 Å². The fraction of sp³-hybridized carbons (Fsp3) is 0.211. The molecular formula is C19H20FN5O. The molecule has 2 aromatic heterocycles. The third-order valence-corrected chi connectivity index (χ3v) is 4.08. The summed E-state index contributed by atoms with van der Waals surface area (Å²) >= 11 is 0. The molecule has 134 valence electrons. The number of nitrogens with one attached hydrogen (secondary N) is 1. The van der Waals surface area contributed by atoms with E-state index >= 15 is 0 Å². The molecule has 26 heavy (non-hydrogen) atoms. The molecule has 0 aliphatic carbocycles. The van der Waals surface area contributed by atoms with Crippen LogP contribution in [-0.2, 0) is 0 Å². The number of nitrogens with two attached hydrogens (primary N) is 1. The number of anilines is 2. The summed E-state index contributed by atoms with van der Waals surface area (Å²) in [7, 11) is 1.99. The molecule has 7 heteroatoms. The van der Waals surface area contributed by atoms with Gasteiger partial charge in [-0.15, -0.1) is 0 Å². The summed E-state index contributed by atoms with van der Waals surface area (Å²) in [5.41, 5.74) is 7.47. The van der Waals surface area contributed by atoms with Gasteiger partial charge in [-0.25, -0.2) is 9.37 Å². The van der Waals surface area contributed by atoms with Gasteiger partial charge in [-0.2, -0.15) is 0 Å². The summed E-state index contributed by atoms with van der Waals surface area (Å²) in [5, 5.41) is 3.60. The molecule has 6 nitrogen and oxygen atoms in total. The van der Waals surface area contributed by atoms with E-state index in [0.717, 1.165) is 24.0 Å². The molecule has 3 N–H and O–H groups in total. The van der Waals surface area contributed by atoms with Crippen molar-refractivity contribution in [1.82, 2.24) is 9.97 Å². The van der Waals surface area contributed by atoms with Crippen LogP contribution in [0.1, 0.15) is 16.9 Å². The quantitative estimate of drug-likeness (QED) is 0.712. The van der Waals surface area contributed by atoms with Crippen molar-refractivity contribution in [3.8, 4) is 0 Å². The highest BCUT2D eigenvalue weighted by molar-refractivity contribution is 6.09. The number of carbonyl (C=O) groups excluding carboxylic acids is 1. The third-order valence-electron chi connectivity index (χ3n) is 4.08. The highest BCUT2D eigenvalue weighted by Gasteiger charge is 2.15. The summed E-state index contributed by atoms with van der Waals surface area (Å²) in [6.07, 6.45) is 3.94. The van der Waals surface area contributed by atoms with E-state index in [0.29, 0.717) is 17.7 Å². The number of rotatable bonds is 6. The maximum Gasteiger partial charge on any atom is 0.277 e. The number of pyridine rings is 2. The Morgan fingerprint density at radius 2 is 2.04 bits per heavy atom. The maximum absolute atomic E-state index is 13.8. The lowest BCUT2D eigenvalue weighted by Gasteiger charge is -2.21. The molecule has 0 bridgehead atoms. The van der Waals surface area contributed by atoms with Crippen molar-refractivity contribution in [1.29, 1.82) is 0 Å². The van der Waals surface area contributed by atoms with E-state index in [9.17, 15) is 9.18 Å². The Bertz CT molecular complexity index is 931. The van der Waals surface area contributed by atoms with Gasteiger partial charge in [0.1, 0.15) is 0 Å². The topological polar surface area (TPSA) is 84.1 Å². The first-order valence-electron chi connectivity index (χ1n) is 8.32. The average Bonchev–Trinajstić information content (AvgIpc) is 2.66. The number of benzene rings is 1. The summed E-state index contributed by atoms with van der Waals surface area (Å²) < 4.78 is 13.8. The lowest BCUT2D eigenvalue weighted by molar-refractivity contribution is 0.101. The maximum atomic E-state index is 13.8. The smallest absolute Gasteiger partial charge is 0.277 e. The van der Waals surface area contributed by atoms with Crippen LogP contribution in [0.15, 0.2) is 48.8 Å². The fourth-order valence-electron chi connectivity index (χ4n) is 2.78. The van der Waals surface area contributed by atoms with E-state index in [-0.39, 0.29) is 5.69 Å². The van der Waals surface area contributed by atoms with Crippen LogP contribution in [0.4, 0.5) is 15.8 Å². The molecule has 0 unspecified atom stereocenters. The van der Waals surface area contributed by atoms with E-state index in [2.05, 4.69) is 20.2 Å². The first-order valence-corrected chi connectivity index (χ1v) is 8.32. The Morgan fingerprint density at radius 1 is 1.19 bits per heavy atom. The van der Waals surface area contributed by atoms with E-state index in [1.165, 1.54) is 18.3 Å². The highest BCUT2D eigenvalue weighted by Crippen LogP contribution is 2.29. The van der Waals surface area contributed by atoms with Crippen molar-refractivity contribution in [3.63, 3.8) is 0 Å². The number of halogens is 1.